The highest BCUT2D eigenvalue weighted by atomic mass is 79.9. The first-order chi connectivity index (χ1) is 14.6. The molecule has 0 heterocycles. The Morgan fingerprint density at radius 2 is 1.73 bits per heavy atom. The van der Waals surface area contributed by atoms with Crippen LogP contribution in [0, 0.1) is 0 Å². The van der Waals surface area contributed by atoms with Crippen LogP contribution in [0.3, 0.4) is 0 Å². The molecule has 0 spiro atoms. The van der Waals surface area contributed by atoms with E-state index in [1.54, 1.807) is 32.4 Å². The van der Waals surface area contributed by atoms with Gasteiger partial charge in [-0.2, -0.15) is 5.10 Å². The maximum absolute atomic E-state index is 12.1. The van der Waals surface area contributed by atoms with Gasteiger partial charge >= 0.3 is 0 Å². The molecule has 0 aliphatic carbocycles. The van der Waals surface area contributed by atoms with Gasteiger partial charge in [0.2, 0.25) is 0 Å². The van der Waals surface area contributed by atoms with Gasteiger partial charge in [-0.05, 0) is 57.4 Å². The van der Waals surface area contributed by atoms with E-state index in [2.05, 4.69) is 26.5 Å². The Balaban J connectivity index is 1.57. The van der Waals surface area contributed by atoms with E-state index in [4.69, 9.17) is 14.2 Å². The standard InChI is InChI=1S/C23H21BrN2O4/c1-28-19-9-11-21(29-2)18(12-19)14-25-26-23(27)15-30-22-10-8-17(13-20(22)24)16-6-4-3-5-7-16/h3-14H,15H2,1-2H3,(H,26,27)/b25-14+. The third kappa shape index (κ3) is 5.61. The van der Waals surface area contributed by atoms with Gasteiger partial charge < -0.3 is 14.2 Å². The summed E-state index contributed by atoms with van der Waals surface area (Å²) < 4.78 is 16.8. The van der Waals surface area contributed by atoms with E-state index in [1.807, 2.05) is 48.5 Å². The van der Waals surface area contributed by atoms with Crippen molar-refractivity contribution in [2.24, 2.45) is 5.10 Å². The maximum Gasteiger partial charge on any atom is 0.277 e. The lowest BCUT2D eigenvalue weighted by Gasteiger charge is -2.09. The predicted octanol–water partition coefficient (Wildman–Crippen LogP) is 4.66. The molecule has 0 radical (unpaired) electrons. The Labute approximate surface area is 183 Å². The first-order valence-corrected chi connectivity index (χ1v) is 9.91. The molecule has 0 aromatic heterocycles. The second-order valence-corrected chi connectivity index (χ2v) is 7.06. The smallest absolute Gasteiger partial charge is 0.277 e. The molecule has 0 saturated heterocycles. The number of amides is 1. The van der Waals surface area contributed by atoms with Gasteiger partial charge in [-0.15, -0.1) is 0 Å². The lowest BCUT2D eigenvalue weighted by Crippen LogP contribution is -2.24. The monoisotopic (exact) mass is 468 g/mol. The van der Waals surface area contributed by atoms with Crippen LogP contribution >= 0.6 is 15.9 Å². The van der Waals surface area contributed by atoms with Crippen LogP contribution < -0.4 is 19.6 Å². The molecule has 0 aliphatic rings. The number of methoxy groups -OCH3 is 2. The summed E-state index contributed by atoms with van der Waals surface area (Å²) in [4.78, 5) is 12.1. The third-order valence-corrected chi connectivity index (χ3v) is 4.85. The lowest BCUT2D eigenvalue weighted by atomic mass is 10.1. The summed E-state index contributed by atoms with van der Waals surface area (Å²) in [5.74, 6) is 1.47. The van der Waals surface area contributed by atoms with Crippen molar-refractivity contribution in [1.29, 1.82) is 0 Å². The fourth-order valence-corrected chi connectivity index (χ4v) is 3.21. The maximum atomic E-state index is 12.1. The molecule has 0 fully saturated rings. The lowest BCUT2D eigenvalue weighted by molar-refractivity contribution is -0.123. The van der Waals surface area contributed by atoms with E-state index in [1.165, 1.54) is 6.21 Å². The highest BCUT2D eigenvalue weighted by molar-refractivity contribution is 9.10. The van der Waals surface area contributed by atoms with Gasteiger partial charge in [-0.25, -0.2) is 5.43 Å². The summed E-state index contributed by atoms with van der Waals surface area (Å²) in [7, 11) is 3.14. The molecule has 0 aliphatic heterocycles. The van der Waals surface area contributed by atoms with E-state index < -0.39 is 0 Å². The van der Waals surface area contributed by atoms with Crippen molar-refractivity contribution < 1.29 is 19.0 Å². The largest absolute Gasteiger partial charge is 0.497 e. The van der Waals surface area contributed by atoms with Crippen LogP contribution in [0.25, 0.3) is 11.1 Å². The van der Waals surface area contributed by atoms with E-state index in [9.17, 15) is 4.79 Å². The topological polar surface area (TPSA) is 69.2 Å². The highest BCUT2D eigenvalue weighted by Crippen LogP contribution is 2.30. The van der Waals surface area contributed by atoms with Gasteiger partial charge in [0.1, 0.15) is 17.2 Å². The molecular weight excluding hydrogens is 448 g/mol. The molecule has 3 aromatic carbocycles. The molecule has 3 aromatic rings. The second-order valence-electron chi connectivity index (χ2n) is 6.20. The van der Waals surface area contributed by atoms with Crippen LogP contribution in [0.2, 0.25) is 0 Å². The van der Waals surface area contributed by atoms with Gasteiger partial charge in [0, 0.05) is 5.56 Å². The second kappa shape index (κ2) is 10.5. The zero-order chi connectivity index (χ0) is 21.3. The Morgan fingerprint density at radius 3 is 2.43 bits per heavy atom. The quantitative estimate of drug-likeness (QED) is 0.385. The SMILES string of the molecule is COc1ccc(OC)c(/C=N/NC(=O)COc2ccc(-c3ccccc3)cc2Br)c1. The fraction of sp³-hybridized carbons (Fsp3) is 0.130. The van der Waals surface area contributed by atoms with Crippen molar-refractivity contribution >= 4 is 28.1 Å². The molecule has 30 heavy (non-hydrogen) atoms. The Bertz CT molecular complexity index is 1040. The molecule has 0 unspecified atom stereocenters. The summed E-state index contributed by atoms with van der Waals surface area (Å²) in [6.45, 7) is -0.171. The number of halogens is 1. The van der Waals surface area contributed by atoms with Crippen molar-refractivity contribution in [1.82, 2.24) is 5.43 Å². The molecule has 3 rings (SSSR count). The Hall–Kier alpha value is -3.32. The molecule has 0 atom stereocenters. The minimum absolute atomic E-state index is 0.171. The molecule has 0 bridgehead atoms. The number of nitrogens with one attached hydrogen (secondary N) is 1. The van der Waals surface area contributed by atoms with Crippen LogP contribution in [-0.2, 0) is 4.79 Å². The first-order valence-electron chi connectivity index (χ1n) is 9.12. The predicted molar refractivity (Wildman–Crippen MR) is 120 cm³/mol. The van der Waals surface area contributed by atoms with Gasteiger partial charge in [0.25, 0.3) is 5.91 Å². The van der Waals surface area contributed by atoms with Crippen LogP contribution in [0.1, 0.15) is 5.56 Å². The number of nitrogens with zero attached hydrogens (tertiary/aromatic N) is 1. The molecule has 0 saturated carbocycles. The van der Waals surface area contributed by atoms with Gasteiger partial charge in [0.15, 0.2) is 6.61 Å². The van der Waals surface area contributed by atoms with E-state index in [-0.39, 0.29) is 12.5 Å². The molecule has 154 valence electrons. The van der Waals surface area contributed by atoms with E-state index in [0.717, 1.165) is 15.6 Å². The summed E-state index contributed by atoms with van der Waals surface area (Å²) in [6.07, 6.45) is 1.49. The van der Waals surface area contributed by atoms with E-state index >= 15 is 0 Å². The van der Waals surface area contributed by atoms with Crippen molar-refractivity contribution in [3.05, 3.63) is 76.8 Å². The molecule has 1 amide bonds. The number of ether oxygens (including phenoxy) is 3. The van der Waals surface area contributed by atoms with Gasteiger partial charge in [-0.1, -0.05) is 36.4 Å². The van der Waals surface area contributed by atoms with Crippen molar-refractivity contribution in [3.63, 3.8) is 0 Å². The van der Waals surface area contributed by atoms with Crippen molar-refractivity contribution in [3.8, 4) is 28.4 Å². The third-order valence-electron chi connectivity index (χ3n) is 4.23. The molecular formula is C23H21BrN2O4. The van der Waals surface area contributed by atoms with Crippen LogP contribution in [-0.4, -0.2) is 32.9 Å². The summed E-state index contributed by atoms with van der Waals surface area (Å²) >= 11 is 3.50. The highest BCUT2D eigenvalue weighted by Gasteiger charge is 2.08. The van der Waals surface area contributed by atoms with Crippen molar-refractivity contribution in [2.75, 3.05) is 20.8 Å². The van der Waals surface area contributed by atoms with E-state index in [0.29, 0.717) is 22.8 Å². The number of rotatable bonds is 8. The first kappa shape index (κ1) is 21.4. The average molecular weight is 469 g/mol. The Morgan fingerprint density at radius 1 is 0.967 bits per heavy atom. The molecule has 7 heteroatoms. The average Bonchev–Trinajstić information content (AvgIpc) is 2.78. The zero-order valence-electron chi connectivity index (χ0n) is 16.6. The number of benzene rings is 3. The number of carbonyl (C=O) groups is 1. The minimum atomic E-state index is -0.382. The molecule has 1 N–H and O–H groups in total. The number of carbonyl (C=O) groups excluding carboxylic acids is 1. The number of hydrogen-bond acceptors (Lipinski definition) is 5. The number of hydrazone groups is 1. The van der Waals surface area contributed by atoms with Crippen LogP contribution in [0.15, 0.2) is 76.3 Å². The number of hydrogen-bond donors (Lipinski definition) is 1. The molecule has 6 nitrogen and oxygen atoms in total. The zero-order valence-corrected chi connectivity index (χ0v) is 18.2. The minimum Gasteiger partial charge on any atom is -0.497 e. The van der Waals surface area contributed by atoms with Crippen LogP contribution in [0.4, 0.5) is 0 Å². The van der Waals surface area contributed by atoms with Crippen LogP contribution in [0.5, 0.6) is 17.2 Å². The Kier molecular flexibility index (Phi) is 7.45. The normalized spacial score (nSPS) is 10.6. The van der Waals surface area contributed by atoms with Gasteiger partial charge in [0.05, 0.1) is 24.9 Å². The summed E-state index contributed by atoms with van der Waals surface area (Å²) in [6, 6.07) is 21.0. The van der Waals surface area contributed by atoms with Crippen molar-refractivity contribution in [2.45, 2.75) is 0 Å². The summed E-state index contributed by atoms with van der Waals surface area (Å²) in [5.41, 5.74) is 5.27. The fourth-order valence-electron chi connectivity index (χ4n) is 2.72. The summed E-state index contributed by atoms with van der Waals surface area (Å²) in [5, 5.41) is 3.96. The van der Waals surface area contributed by atoms with Gasteiger partial charge in [-0.3, -0.25) is 4.79 Å².